The quantitative estimate of drug-likeness (QED) is 0.545. The van der Waals surface area contributed by atoms with Crippen molar-refractivity contribution >= 4 is 51.6 Å². The van der Waals surface area contributed by atoms with Crippen molar-refractivity contribution in [3.05, 3.63) is 53.8 Å². The van der Waals surface area contributed by atoms with Gasteiger partial charge in [-0.2, -0.15) is 0 Å². The largest absolute Gasteiger partial charge is 0.463 e. The van der Waals surface area contributed by atoms with E-state index in [-0.39, 0.29) is 22.4 Å². The highest BCUT2D eigenvalue weighted by Crippen LogP contribution is 2.27. The second-order valence-electron chi connectivity index (χ2n) is 5.17. The standard InChI is InChI=1S/C16H10ClFN4O2S/c17-9-1-2-11(10(18)5-9)20-15(23)7-25-16-13-6-14-12(3-4-24-14)22(13)8-19-21-16/h1-6,8H,7H2,(H,20,23). The Bertz CT molecular complexity index is 1090. The van der Waals surface area contributed by atoms with Gasteiger partial charge in [0.15, 0.2) is 5.58 Å². The van der Waals surface area contributed by atoms with E-state index in [4.69, 9.17) is 16.0 Å². The number of anilines is 1. The smallest absolute Gasteiger partial charge is 0.234 e. The molecule has 0 saturated carbocycles. The monoisotopic (exact) mass is 376 g/mol. The van der Waals surface area contributed by atoms with Crippen LogP contribution in [0, 0.1) is 5.82 Å². The molecule has 1 amide bonds. The maximum absolute atomic E-state index is 13.7. The maximum Gasteiger partial charge on any atom is 0.234 e. The number of nitrogens with zero attached hydrogens (tertiary/aromatic N) is 3. The van der Waals surface area contributed by atoms with Gasteiger partial charge in [-0.3, -0.25) is 9.20 Å². The minimum absolute atomic E-state index is 0.0585. The summed E-state index contributed by atoms with van der Waals surface area (Å²) in [5, 5.41) is 11.4. The molecule has 0 unspecified atom stereocenters. The maximum atomic E-state index is 13.7. The number of nitrogens with one attached hydrogen (secondary N) is 1. The Labute approximate surface area is 150 Å². The van der Waals surface area contributed by atoms with Gasteiger partial charge in [0.2, 0.25) is 5.91 Å². The molecular weight excluding hydrogens is 367 g/mol. The molecule has 0 bridgehead atoms. The molecule has 6 nitrogen and oxygen atoms in total. The molecule has 0 radical (unpaired) electrons. The van der Waals surface area contributed by atoms with E-state index < -0.39 is 5.82 Å². The van der Waals surface area contributed by atoms with E-state index in [1.165, 1.54) is 23.9 Å². The lowest BCUT2D eigenvalue weighted by Crippen LogP contribution is -2.15. The average molecular weight is 377 g/mol. The number of rotatable bonds is 4. The van der Waals surface area contributed by atoms with Crippen molar-refractivity contribution in [2.75, 3.05) is 11.1 Å². The van der Waals surface area contributed by atoms with Crippen LogP contribution in [0.4, 0.5) is 10.1 Å². The second-order valence-corrected chi connectivity index (χ2v) is 6.57. The fourth-order valence-corrected chi connectivity index (χ4v) is 3.34. The van der Waals surface area contributed by atoms with E-state index in [1.807, 2.05) is 16.5 Å². The number of benzene rings is 1. The number of amides is 1. The first-order chi connectivity index (χ1) is 12.1. The predicted molar refractivity (Wildman–Crippen MR) is 93.5 cm³/mol. The third-order valence-electron chi connectivity index (χ3n) is 3.54. The van der Waals surface area contributed by atoms with E-state index in [2.05, 4.69) is 15.5 Å². The Morgan fingerprint density at radius 1 is 1.32 bits per heavy atom. The van der Waals surface area contributed by atoms with Crippen LogP contribution in [0.1, 0.15) is 0 Å². The fraction of sp³-hybridized carbons (Fsp3) is 0.0625. The number of hydrogen-bond donors (Lipinski definition) is 1. The Balaban J connectivity index is 1.51. The van der Waals surface area contributed by atoms with Crippen LogP contribution in [0.25, 0.3) is 16.6 Å². The number of thioether (sulfide) groups is 1. The molecule has 9 heteroatoms. The third-order valence-corrected chi connectivity index (χ3v) is 4.75. The lowest BCUT2D eigenvalue weighted by Gasteiger charge is -2.06. The van der Waals surface area contributed by atoms with E-state index in [1.54, 1.807) is 12.6 Å². The minimum Gasteiger partial charge on any atom is -0.463 e. The number of carbonyl (C=O) groups excluding carboxylic acids is 1. The van der Waals surface area contributed by atoms with E-state index in [0.29, 0.717) is 10.6 Å². The van der Waals surface area contributed by atoms with Gasteiger partial charge < -0.3 is 9.73 Å². The van der Waals surface area contributed by atoms with Crippen molar-refractivity contribution in [2.45, 2.75) is 5.03 Å². The molecule has 0 aliphatic rings. The number of hydrogen-bond acceptors (Lipinski definition) is 5. The van der Waals surface area contributed by atoms with Crippen LogP contribution in [0.5, 0.6) is 0 Å². The highest BCUT2D eigenvalue weighted by atomic mass is 35.5. The lowest BCUT2D eigenvalue weighted by atomic mass is 10.3. The summed E-state index contributed by atoms with van der Waals surface area (Å²) in [7, 11) is 0. The molecule has 1 N–H and O–H groups in total. The highest BCUT2D eigenvalue weighted by molar-refractivity contribution is 8.00. The third kappa shape index (κ3) is 3.06. The zero-order chi connectivity index (χ0) is 17.4. The molecule has 0 saturated heterocycles. The van der Waals surface area contributed by atoms with Crippen molar-refractivity contribution < 1.29 is 13.6 Å². The second kappa shape index (κ2) is 6.38. The van der Waals surface area contributed by atoms with Gasteiger partial charge in [0, 0.05) is 17.2 Å². The molecular formula is C16H10ClFN4O2S. The van der Waals surface area contributed by atoms with E-state index >= 15 is 0 Å². The summed E-state index contributed by atoms with van der Waals surface area (Å²) >= 11 is 6.90. The van der Waals surface area contributed by atoms with Crippen LogP contribution in [-0.4, -0.2) is 26.3 Å². The van der Waals surface area contributed by atoms with Gasteiger partial charge in [-0.15, -0.1) is 10.2 Å². The van der Waals surface area contributed by atoms with Gasteiger partial charge in [0.1, 0.15) is 17.2 Å². The molecule has 4 rings (SSSR count). The van der Waals surface area contributed by atoms with E-state index in [9.17, 15) is 9.18 Å². The summed E-state index contributed by atoms with van der Waals surface area (Å²) in [6.07, 6.45) is 3.18. The molecule has 1 aromatic carbocycles. The molecule has 0 fully saturated rings. The predicted octanol–water partition coefficient (Wildman–Crippen LogP) is 4.00. The van der Waals surface area contributed by atoms with Gasteiger partial charge >= 0.3 is 0 Å². The number of aromatic nitrogens is 3. The van der Waals surface area contributed by atoms with E-state index in [0.717, 1.165) is 17.1 Å². The fourth-order valence-electron chi connectivity index (χ4n) is 2.43. The molecule has 25 heavy (non-hydrogen) atoms. The van der Waals surface area contributed by atoms with Gasteiger partial charge in [-0.25, -0.2) is 4.39 Å². The Morgan fingerprint density at radius 2 is 2.20 bits per heavy atom. The van der Waals surface area contributed by atoms with Gasteiger partial charge in [0.25, 0.3) is 0 Å². The first-order valence-corrected chi connectivity index (χ1v) is 8.56. The first-order valence-electron chi connectivity index (χ1n) is 7.19. The summed E-state index contributed by atoms with van der Waals surface area (Å²) in [6, 6.07) is 7.74. The van der Waals surface area contributed by atoms with Crippen LogP contribution in [0.3, 0.4) is 0 Å². The summed E-state index contributed by atoms with van der Waals surface area (Å²) in [5.74, 6) is -0.881. The number of carbonyl (C=O) groups is 1. The molecule has 0 spiro atoms. The van der Waals surface area contributed by atoms with Crippen molar-refractivity contribution in [2.24, 2.45) is 0 Å². The normalized spacial score (nSPS) is 11.3. The van der Waals surface area contributed by atoms with Crippen LogP contribution >= 0.6 is 23.4 Å². The van der Waals surface area contributed by atoms with Gasteiger partial charge in [0.05, 0.1) is 28.7 Å². The molecule has 4 aromatic rings. The van der Waals surface area contributed by atoms with Crippen LogP contribution in [0.2, 0.25) is 5.02 Å². The van der Waals surface area contributed by atoms with Crippen molar-refractivity contribution in [1.29, 1.82) is 0 Å². The Morgan fingerprint density at radius 3 is 3.04 bits per heavy atom. The molecule has 0 aliphatic heterocycles. The molecule has 0 atom stereocenters. The lowest BCUT2D eigenvalue weighted by molar-refractivity contribution is -0.113. The van der Waals surface area contributed by atoms with Gasteiger partial charge in [-0.05, 0) is 18.2 Å². The summed E-state index contributed by atoms with van der Waals surface area (Å²) in [4.78, 5) is 12.1. The minimum atomic E-state index is -0.584. The highest BCUT2D eigenvalue weighted by Gasteiger charge is 2.13. The average Bonchev–Trinajstić information content (AvgIpc) is 3.17. The SMILES string of the molecule is O=C(CSc1nncn2c1cc1occc12)Nc1ccc(Cl)cc1F. The molecule has 0 aliphatic carbocycles. The summed E-state index contributed by atoms with van der Waals surface area (Å²) in [5.41, 5.74) is 2.46. The van der Waals surface area contributed by atoms with Crippen molar-refractivity contribution in [3.63, 3.8) is 0 Å². The Hall–Kier alpha value is -2.58. The molecule has 3 heterocycles. The van der Waals surface area contributed by atoms with Crippen molar-refractivity contribution in [1.82, 2.24) is 14.6 Å². The van der Waals surface area contributed by atoms with Crippen LogP contribution in [-0.2, 0) is 4.79 Å². The Kier molecular flexibility index (Phi) is 4.06. The zero-order valence-electron chi connectivity index (χ0n) is 12.6. The first kappa shape index (κ1) is 15.9. The van der Waals surface area contributed by atoms with Crippen LogP contribution in [0.15, 0.2) is 52.4 Å². The van der Waals surface area contributed by atoms with Crippen LogP contribution < -0.4 is 5.32 Å². The van der Waals surface area contributed by atoms with Crippen molar-refractivity contribution in [3.8, 4) is 0 Å². The molecule has 3 aromatic heterocycles. The number of furan rings is 1. The number of halogens is 2. The zero-order valence-corrected chi connectivity index (χ0v) is 14.1. The number of fused-ring (bicyclic) bond motifs is 3. The topological polar surface area (TPSA) is 72.4 Å². The van der Waals surface area contributed by atoms with Gasteiger partial charge in [-0.1, -0.05) is 23.4 Å². The summed E-state index contributed by atoms with van der Waals surface area (Å²) in [6.45, 7) is 0. The molecule has 126 valence electrons. The summed E-state index contributed by atoms with van der Waals surface area (Å²) < 4.78 is 20.9.